The molecule has 3 aromatic rings. The maximum atomic E-state index is 12.4. The summed E-state index contributed by atoms with van der Waals surface area (Å²) < 4.78 is 1.70. The molecule has 138 valence electrons. The third-order valence-electron chi connectivity index (χ3n) is 4.68. The Morgan fingerprint density at radius 1 is 1.00 bits per heavy atom. The van der Waals surface area contributed by atoms with E-state index in [1.807, 2.05) is 47.5 Å². The number of rotatable bonds is 4. The van der Waals surface area contributed by atoms with Crippen LogP contribution in [-0.2, 0) is 6.54 Å². The lowest BCUT2D eigenvalue weighted by Gasteiger charge is -2.36. The predicted molar refractivity (Wildman–Crippen MR) is 104 cm³/mol. The maximum Gasteiger partial charge on any atom is 0.317 e. The summed E-state index contributed by atoms with van der Waals surface area (Å²) in [4.78, 5) is 21.0. The number of carbonyl (C=O) groups excluding carboxylic acids is 1. The van der Waals surface area contributed by atoms with Crippen LogP contribution in [0, 0.1) is 0 Å². The Kier molecular flexibility index (Phi) is 5.00. The zero-order valence-corrected chi connectivity index (χ0v) is 15.0. The number of aromatic nitrogens is 3. The molecular formula is C20H22N6O. The third kappa shape index (κ3) is 4.08. The van der Waals surface area contributed by atoms with Crippen LogP contribution in [0.1, 0.15) is 5.56 Å². The van der Waals surface area contributed by atoms with Gasteiger partial charge in [-0.15, -0.1) is 0 Å². The Morgan fingerprint density at radius 3 is 2.48 bits per heavy atom. The van der Waals surface area contributed by atoms with Crippen molar-refractivity contribution in [1.82, 2.24) is 25.0 Å². The molecule has 0 aliphatic carbocycles. The van der Waals surface area contributed by atoms with Gasteiger partial charge < -0.3 is 15.1 Å². The minimum absolute atomic E-state index is 0.0288. The van der Waals surface area contributed by atoms with Gasteiger partial charge in [-0.3, -0.25) is 0 Å². The maximum absolute atomic E-state index is 12.4. The zero-order valence-electron chi connectivity index (χ0n) is 15.0. The first-order valence-electron chi connectivity index (χ1n) is 9.07. The molecule has 0 spiro atoms. The molecule has 27 heavy (non-hydrogen) atoms. The SMILES string of the molecule is O=C(NCc1ccc(-n2cccn2)nc1)N1CCN(c2ccccc2)CC1. The first-order chi connectivity index (χ1) is 13.3. The van der Waals surface area contributed by atoms with Gasteiger partial charge in [0.15, 0.2) is 5.82 Å². The van der Waals surface area contributed by atoms with Crippen molar-refractivity contribution in [3.63, 3.8) is 0 Å². The van der Waals surface area contributed by atoms with Crippen LogP contribution in [0.4, 0.5) is 10.5 Å². The van der Waals surface area contributed by atoms with Crippen molar-refractivity contribution in [1.29, 1.82) is 0 Å². The lowest BCUT2D eigenvalue weighted by Crippen LogP contribution is -2.51. The number of nitrogens with zero attached hydrogens (tertiary/aromatic N) is 5. The highest BCUT2D eigenvalue weighted by Crippen LogP contribution is 2.15. The summed E-state index contributed by atoms with van der Waals surface area (Å²) in [7, 11) is 0. The summed E-state index contributed by atoms with van der Waals surface area (Å²) in [6.45, 7) is 3.59. The van der Waals surface area contributed by atoms with Gasteiger partial charge >= 0.3 is 6.03 Å². The first-order valence-corrected chi connectivity index (χ1v) is 9.07. The summed E-state index contributed by atoms with van der Waals surface area (Å²) in [5, 5.41) is 7.14. The number of nitrogens with one attached hydrogen (secondary N) is 1. The van der Waals surface area contributed by atoms with Gasteiger partial charge in [-0.1, -0.05) is 24.3 Å². The highest BCUT2D eigenvalue weighted by molar-refractivity contribution is 5.74. The normalized spacial score (nSPS) is 14.2. The van der Waals surface area contributed by atoms with Crippen LogP contribution in [0.5, 0.6) is 0 Å². The third-order valence-corrected chi connectivity index (χ3v) is 4.68. The standard InChI is InChI=1S/C20H22N6O/c27-20(25-13-11-24(12-14-25)18-5-2-1-3-6-18)22-16-17-7-8-19(21-15-17)26-10-4-9-23-26/h1-10,15H,11-14,16H2,(H,22,27). The number of urea groups is 1. The molecule has 7 heteroatoms. The van der Waals surface area contributed by atoms with Crippen LogP contribution >= 0.6 is 0 Å². The topological polar surface area (TPSA) is 66.3 Å². The van der Waals surface area contributed by atoms with E-state index in [-0.39, 0.29) is 6.03 Å². The van der Waals surface area contributed by atoms with Crippen molar-refractivity contribution in [3.05, 3.63) is 72.7 Å². The fraction of sp³-hybridized carbons (Fsp3) is 0.250. The van der Waals surface area contributed by atoms with Crippen molar-refractivity contribution >= 4 is 11.7 Å². The van der Waals surface area contributed by atoms with Crippen molar-refractivity contribution < 1.29 is 4.79 Å². The van der Waals surface area contributed by atoms with Gasteiger partial charge in [0.2, 0.25) is 0 Å². The zero-order chi connectivity index (χ0) is 18.5. The molecule has 2 aromatic heterocycles. The highest BCUT2D eigenvalue weighted by Gasteiger charge is 2.20. The predicted octanol–water partition coefficient (Wildman–Crippen LogP) is 2.30. The highest BCUT2D eigenvalue weighted by atomic mass is 16.2. The van der Waals surface area contributed by atoms with Crippen molar-refractivity contribution in [2.24, 2.45) is 0 Å². The van der Waals surface area contributed by atoms with E-state index in [1.165, 1.54) is 5.69 Å². The number of pyridine rings is 1. The van der Waals surface area contributed by atoms with Crippen molar-refractivity contribution in [2.45, 2.75) is 6.54 Å². The van der Waals surface area contributed by atoms with Crippen LogP contribution in [0.3, 0.4) is 0 Å². The number of hydrogen-bond donors (Lipinski definition) is 1. The van der Waals surface area contributed by atoms with Crippen LogP contribution in [0.15, 0.2) is 67.1 Å². The molecule has 0 bridgehead atoms. The molecule has 0 radical (unpaired) electrons. The fourth-order valence-electron chi connectivity index (χ4n) is 3.16. The largest absolute Gasteiger partial charge is 0.368 e. The lowest BCUT2D eigenvalue weighted by atomic mass is 10.2. The Bertz CT molecular complexity index is 855. The molecule has 0 atom stereocenters. The summed E-state index contributed by atoms with van der Waals surface area (Å²) in [6.07, 6.45) is 5.33. The van der Waals surface area contributed by atoms with Crippen molar-refractivity contribution in [3.8, 4) is 5.82 Å². The molecule has 1 saturated heterocycles. The van der Waals surface area contributed by atoms with E-state index in [9.17, 15) is 4.79 Å². The second-order valence-electron chi connectivity index (χ2n) is 6.44. The van der Waals surface area contributed by atoms with Crippen LogP contribution in [0.2, 0.25) is 0 Å². The van der Waals surface area contributed by atoms with E-state index in [0.29, 0.717) is 6.54 Å². The number of piperazine rings is 1. The summed E-state index contributed by atoms with van der Waals surface area (Å²) >= 11 is 0. The molecule has 1 aliphatic rings. The number of carbonyl (C=O) groups is 1. The first kappa shape index (κ1) is 17.1. The fourth-order valence-corrected chi connectivity index (χ4v) is 3.16. The molecular weight excluding hydrogens is 340 g/mol. The van der Waals surface area contributed by atoms with E-state index >= 15 is 0 Å². The Hall–Kier alpha value is -3.35. The van der Waals surface area contributed by atoms with Crippen LogP contribution in [-0.4, -0.2) is 51.9 Å². The lowest BCUT2D eigenvalue weighted by molar-refractivity contribution is 0.194. The van der Waals surface area contributed by atoms with Gasteiger partial charge in [0, 0.05) is 57.0 Å². The summed E-state index contributed by atoms with van der Waals surface area (Å²) in [6, 6.07) is 16.0. The minimum Gasteiger partial charge on any atom is -0.368 e. The molecule has 1 aliphatic heterocycles. The molecule has 1 aromatic carbocycles. The second kappa shape index (κ2) is 7.90. The summed E-state index contributed by atoms with van der Waals surface area (Å²) in [5.74, 6) is 0.757. The molecule has 0 unspecified atom stereocenters. The van der Waals surface area contributed by atoms with Crippen LogP contribution in [0.25, 0.3) is 5.82 Å². The molecule has 4 rings (SSSR count). The Morgan fingerprint density at radius 2 is 1.81 bits per heavy atom. The minimum atomic E-state index is -0.0288. The van der Waals surface area contributed by atoms with Gasteiger partial charge in [0.1, 0.15) is 0 Å². The number of para-hydroxylation sites is 1. The van der Waals surface area contributed by atoms with Gasteiger partial charge in [-0.2, -0.15) is 5.10 Å². The van der Waals surface area contributed by atoms with E-state index in [1.54, 1.807) is 17.1 Å². The Labute approximate surface area is 158 Å². The molecule has 3 heterocycles. The van der Waals surface area contributed by atoms with Gasteiger partial charge in [0.25, 0.3) is 0 Å². The molecule has 0 saturated carbocycles. The van der Waals surface area contributed by atoms with Gasteiger partial charge in [0.05, 0.1) is 0 Å². The average Bonchev–Trinajstić information content (AvgIpc) is 3.28. The second-order valence-corrected chi connectivity index (χ2v) is 6.44. The van der Waals surface area contributed by atoms with Gasteiger partial charge in [-0.25, -0.2) is 14.5 Å². The molecule has 7 nitrogen and oxygen atoms in total. The van der Waals surface area contributed by atoms with Crippen LogP contribution < -0.4 is 10.2 Å². The molecule has 1 N–H and O–H groups in total. The quantitative estimate of drug-likeness (QED) is 0.773. The number of hydrogen-bond acceptors (Lipinski definition) is 4. The van der Waals surface area contributed by atoms with E-state index < -0.39 is 0 Å². The molecule has 1 fully saturated rings. The monoisotopic (exact) mass is 362 g/mol. The smallest absolute Gasteiger partial charge is 0.317 e. The number of benzene rings is 1. The van der Waals surface area contributed by atoms with Crippen molar-refractivity contribution in [2.75, 3.05) is 31.1 Å². The van der Waals surface area contributed by atoms with Gasteiger partial charge in [-0.05, 0) is 29.8 Å². The molecule has 2 amide bonds. The van der Waals surface area contributed by atoms with E-state index in [2.05, 4.69) is 32.4 Å². The summed E-state index contributed by atoms with van der Waals surface area (Å²) in [5.41, 5.74) is 2.17. The Balaban J connectivity index is 1.26. The average molecular weight is 362 g/mol. The van der Waals surface area contributed by atoms with E-state index in [4.69, 9.17) is 0 Å². The number of amides is 2. The van der Waals surface area contributed by atoms with E-state index in [0.717, 1.165) is 37.6 Å². The number of anilines is 1.